The van der Waals surface area contributed by atoms with Crippen LogP contribution in [0.2, 0.25) is 5.02 Å². The third-order valence-corrected chi connectivity index (χ3v) is 2.50. The first-order valence-electron chi connectivity index (χ1n) is 4.62. The van der Waals surface area contributed by atoms with Crippen LogP contribution in [0.5, 0.6) is 0 Å². The highest BCUT2D eigenvalue weighted by molar-refractivity contribution is 6.32. The molecule has 0 radical (unpaired) electrons. The molecule has 4 nitrogen and oxygen atoms in total. The van der Waals surface area contributed by atoms with E-state index in [1.807, 2.05) is 0 Å². The molecule has 0 saturated carbocycles. The number of pyridine rings is 1. The topological polar surface area (TPSA) is 74.0 Å². The van der Waals surface area contributed by atoms with E-state index >= 15 is 0 Å². The van der Waals surface area contributed by atoms with Gasteiger partial charge >= 0.3 is 0 Å². The van der Waals surface area contributed by atoms with Crippen LogP contribution in [0.25, 0.3) is 5.69 Å². The molecule has 0 spiro atoms. The molecule has 0 aliphatic heterocycles. The number of halogens is 1. The van der Waals surface area contributed by atoms with Crippen LogP contribution in [-0.2, 0) is 0 Å². The molecule has 5 heteroatoms. The highest BCUT2D eigenvalue weighted by atomic mass is 35.5. The van der Waals surface area contributed by atoms with Gasteiger partial charge in [-0.15, -0.1) is 0 Å². The smallest absolute Gasteiger partial charge is 0.278 e. The fourth-order valence-electron chi connectivity index (χ4n) is 1.45. The van der Waals surface area contributed by atoms with Crippen molar-refractivity contribution in [3.8, 4) is 5.69 Å². The van der Waals surface area contributed by atoms with Crippen molar-refractivity contribution in [3.05, 3.63) is 51.9 Å². The average molecular weight is 236 g/mol. The Labute approximate surface area is 97.1 Å². The maximum atomic E-state index is 11.8. The Morgan fingerprint density at radius 1 is 1.19 bits per heavy atom. The van der Waals surface area contributed by atoms with E-state index < -0.39 is 0 Å². The van der Waals surface area contributed by atoms with Gasteiger partial charge in [0.25, 0.3) is 5.56 Å². The number of nitrogens with two attached hydrogens (primary N) is 2. The number of rotatable bonds is 1. The number of anilines is 2. The van der Waals surface area contributed by atoms with Gasteiger partial charge < -0.3 is 11.5 Å². The number of para-hydroxylation sites is 1. The van der Waals surface area contributed by atoms with E-state index in [1.165, 1.54) is 16.8 Å². The van der Waals surface area contributed by atoms with Crippen molar-refractivity contribution < 1.29 is 0 Å². The predicted octanol–water partition coefficient (Wildman–Crippen LogP) is 1.66. The standard InChI is InChI=1S/C11H10ClN3O/c12-8-3-1-2-4-10(8)15-6-7(13)5-9(14)11(15)16/h1-6H,13-14H2. The van der Waals surface area contributed by atoms with E-state index in [1.54, 1.807) is 24.3 Å². The van der Waals surface area contributed by atoms with E-state index in [0.29, 0.717) is 16.4 Å². The zero-order valence-electron chi connectivity index (χ0n) is 8.35. The fourth-order valence-corrected chi connectivity index (χ4v) is 1.68. The first-order chi connectivity index (χ1) is 7.59. The largest absolute Gasteiger partial charge is 0.397 e. The minimum absolute atomic E-state index is 0.0971. The number of aromatic nitrogens is 1. The van der Waals surface area contributed by atoms with E-state index in [0.717, 1.165) is 0 Å². The zero-order valence-corrected chi connectivity index (χ0v) is 9.11. The monoisotopic (exact) mass is 235 g/mol. The summed E-state index contributed by atoms with van der Waals surface area (Å²) in [6, 6.07) is 8.42. The zero-order chi connectivity index (χ0) is 11.7. The summed E-state index contributed by atoms with van der Waals surface area (Å²) in [5.74, 6) is 0. The summed E-state index contributed by atoms with van der Waals surface area (Å²) in [5.41, 5.74) is 11.9. The van der Waals surface area contributed by atoms with Crippen LogP contribution in [0.1, 0.15) is 0 Å². The Morgan fingerprint density at radius 2 is 1.88 bits per heavy atom. The molecule has 0 bridgehead atoms. The Morgan fingerprint density at radius 3 is 2.56 bits per heavy atom. The van der Waals surface area contributed by atoms with Gasteiger partial charge in [0.1, 0.15) is 5.69 Å². The third kappa shape index (κ3) is 1.75. The molecule has 82 valence electrons. The summed E-state index contributed by atoms with van der Waals surface area (Å²) < 4.78 is 1.34. The van der Waals surface area contributed by atoms with Crippen molar-refractivity contribution in [1.82, 2.24) is 4.57 Å². The van der Waals surface area contributed by atoms with Gasteiger partial charge in [-0.1, -0.05) is 23.7 Å². The molecule has 4 N–H and O–H groups in total. The molecule has 0 atom stereocenters. The SMILES string of the molecule is Nc1cc(N)c(=O)n(-c2ccccc2Cl)c1. The van der Waals surface area contributed by atoms with Crippen molar-refractivity contribution in [2.75, 3.05) is 11.5 Å². The molecule has 0 aliphatic rings. The summed E-state index contributed by atoms with van der Waals surface area (Å²) in [5, 5.41) is 0.467. The molecule has 1 aromatic heterocycles. The minimum Gasteiger partial charge on any atom is -0.397 e. The molecule has 1 heterocycles. The number of nitrogens with zero attached hydrogens (tertiary/aromatic N) is 1. The van der Waals surface area contributed by atoms with Crippen LogP contribution in [0.15, 0.2) is 41.3 Å². The van der Waals surface area contributed by atoms with E-state index in [4.69, 9.17) is 23.1 Å². The third-order valence-electron chi connectivity index (χ3n) is 2.18. The van der Waals surface area contributed by atoms with Crippen LogP contribution < -0.4 is 17.0 Å². The maximum absolute atomic E-state index is 11.8. The summed E-state index contributed by atoms with van der Waals surface area (Å²) >= 11 is 5.99. The van der Waals surface area contributed by atoms with Crippen molar-refractivity contribution in [2.24, 2.45) is 0 Å². The van der Waals surface area contributed by atoms with Gasteiger partial charge in [-0.25, -0.2) is 0 Å². The van der Waals surface area contributed by atoms with Gasteiger partial charge in [-0.3, -0.25) is 9.36 Å². The van der Waals surface area contributed by atoms with Crippen LogP contribution in [0.4, 0.5) is 11.4 Å². The number of nitrogen functional groups attached to an aromatic ring is 2. The Balaban J connectivity index is 2.75. The number of hydrogen-bond acceptors (Lipinski definition) is 3. The Bertz CT molecular complexity index is 592. The molecule has 2 aromatic rings. The second-order valence-electron chi connectivity index (χ2n) is 3.36. The van der Waals surface area contributed by atoms with Crippen molar-refractivity contribution in [1.29, 1.82) is 0 Å². The van der Waals surface area contributed by atoms with Gasteiger partial charge in [-0.2, -0.15) is 0 Å². The molecule has 2 rings (SSSR count). The summed E-state index contributed by atoms with van der Waals surface area (Å²) in [7, 11) is 0. The minimum atomic E-state index is -0.331. The molecular weight excluding hydrogens is 226 g/mol. The Kier molecular flexibility index (Phi) is 2.58. The molecular formula is C11H10ClN3O. The van der Waals surface area contributed by atoms with Gasteiger partial charge in [0.05, 0.1) is 16.4 Å². The summed E-state index contributed by atoms with van der Waals surface area (Å²) in [6.07, 6.45) is 1.50. The molecule has 0 saturated heterocycles. The van der Waals surface area contributed by atoms with Crippen molar-refractivity contribution in [3.63, 3.8) is 0 Å². The highest BCUT2D eigenvalue weighted by Crippen LogP contribution is 2.19. The quantitative estimate of drug-likeness (QED) is 0.789. The Hall–Kier alpha value is -1.94. The number of benzene rings is 1. The lowest BCUT2D eigenvalue weighted by Gasteiger charge is -2.09. The molecule has 1 aromatic carbocycles. The fraction of sp³-hybridized carbons (Fsp3) is 0. The molecule has 0 unspecified atom stereocenters. The van der Waals surface area contributed by atoms with Crippen LogP contribution in [-0.4, -0.2) is 4.57 Å². The van der Waals surface area contributed by atoms with Gasteiger partial charge in [0.2, 0.25) is 0 Å². The second kappa shape index (κ2) is 3.90. The number of hydrogen-bond donors (Lipinski definition) is 2. The van der Waals surface area contributed by atoms with Gasteiger partial charge in [0, 0.05) is 6.20 Å². The predicted molar refractivity (Wildman–Crippen MR) is 65.9 cm³/mol. The molecule has 0 aliphatic carbocycles. The molecule has 0 amide bonds. The van der Waals surface area contributed by atoms with E-state index in [-0.39, 0.29) is 11.2 Å². The lowest BCUT2D eigenvalue weighted by atomic mass is 10.3. The molecule has 0 fully saturated rings. The van der Waals surface area contributed by atoms with Crippen LogP contribution >= 0.6 is 11.6 Å². The van der Waals surface area contributed by atoms with Crippen molar-refractivity contribution in [2.45, 2.75) is 0 Å². The van der Waals surface area contributed by atoms with Gasteiger partial charge in [-0.05, 0) is 18.2 Å². The summed E-state index contributed by atoms with van der Waals surface area (Å²) in [6.45, 7) is 0. The molecule has 16 heavy (non-hydrogen) atoms. The van der Waals surface area contributed by atoms with E-state index in [2.05, 4.69) is 0 Å². The van der Waals surface area contributed by atoms with Crippen LogP contribution in [0.3, 0.4) is 0 Å². The lowest BCUT2D eigenvalue weighted by molar-refractivity contribution is 0.998. The highest BCUT2D eigenvalue weighted by Gasteiger charge is 2.07. The summed E-state index contributed by atoms with van der Waals surface area (Å²) in [4.78, 5) is 11.8. The average Bonchev–Trinajstić information content (AvgIpc) is 2.24. The van der Waals surface area contributed by atoms with Gasteiger partial charge in [0.15, 0.2) is 0 Å². The van der Waals surface area contributed by atoms with E-state index in [9.17, 15) is 4.79 Å². The normalized spacial score (nSPS) is 10.3. The first-order valence-corrected chi connectivity index (χ1v) is 5.00. The lowest BCUT2D eigenvalue weighted by Crippen LogP contribution is -2.21. The van der Waals surface area contributed by atoms with Crippen molar-refractivity contribution >= 4 is 23.0 Å². The van der Waals surface area contributed by atoms with Crippen LogP contribution in [0, 0.1) is 0 Å². The first kappa shape index (κ1) is 10.6. The maximum Gasteiger partial charge on any atom is 0.278 e. The second-order valence-corrected chi connectivity index (χ2v) is 3.76.